The zero-order valence-electron chi connectivity index (χ0n) is 14.1. The first-order valence-corrected chi connectivity index (χ1v) is 8.41. The first-order chi connectivity index (χ1) is 9.96. The van der Waals surface area contributed by atoms with Gasteiger partial charge in [-0.25, -0.2) is 4.79 Å². The van der Waals surface area contributed by atoms with Crippen molar-refractivity contribution in [3.63, 3.8) is 0 Å². The summed E-state index contributed by atoms with van der Waals surface area (Å²) >= 11 is -1.71. The number of aliphatic carboxylic acids is 1. The molecule has 0 amide bonds. The van der Waals surface area contributed by atoms with Gasteiger partial charge in [-0.05, 0) is 27.2 Å². The minimum Gasteiger partial charge on any atom is -0.593 e. The average molecular weight is 326 g/mol. The van der Waals surface area contributed by atoms with Gasteiger partial charge in [0.15, 0.2) is 4.90 Å². The average Bonchev–Trinajstić information content (AvgIpc) is 2.36. The molecule has 0 aromatic heterocycles. The van der Waals surface area contributed by atoms with Crippen molar-refractivity contribution in [3.8, 4) is 0 Å². The topological polar surface area (TPSA) is 98.4 Å². The number of aryl methyl sites for hydroxylation is 3. The van der Waals surface area contributed by atoms with Crippen molar-refractivity contribution in [2.24, 2.45) is 11.1 Å². The maximum absolute atomic E-state index is 12.7. The molecule has 1 unspecified atom stereocenters. The quantitative estimate of drug-likeness (QED) is 0.551. The van der Waals surface area contributed by atoms with Gasteiger partial charge in [-0.2, -0.15) is 0 Å². The van der Waals surface area contributed by atoms with Crippen LogP contribution >= 0.6 is 0 Å². The molecular weight excluding hydrogens is 300 g/mol. The van der Waals surface area contributed by atoms with Crippen LogP contribution in [0.4, 0.5) is 0 Å². The largest absolute Gasteiger partial charge is 0.593 e. The lowest BCUT2D eigenvalue weighted by Crippen LogP contribution is -2.69. The molecule has 1 aromatic carbocycles. The predicted molar refractivity (Wildman–Crippen MR) is 88.8 cm³/mol. The van der Waals surface area contributed by atoms with E-state index < -0.39 is 28.4 Å². The molecule has 0 heterocycles. The molecule has 0 bridgehead atoms. The fraction of sp³-hybridized carbons (Fsp3) is 0.562. The van der Waals surface area contributed by atoms with Crippen molar-refractivity contribution < 1.29 is 14.5 Å². The number of carboxylic acids is 1. The minimum atomic E-state index is -1.78. The standard InChI is InChI=1S/C16H26N2O3S/c1-7-15(5,6)16(17,14(19)20)18-22(21)13-11(3)8-10(2)9-12(13)4/h8-9,18H,7,17H2,1-6H3,(H,19,20)/t16?,22-/m0/s1. The summed E-state index contributed by atoms with van der Waals surface area (Å²) in [6.45, 7) is 11.0. The molecule has 0 aliphatic carbocycles. The highest BCUT2D eigenvalue weighted by atomic mass is 32.2. The van der Waals surface area contributed by atoms with Crippen LogP contribution in [0.1, 0.15) is 43.9 Å². The smallest absolute Gasteiger partial charge is 0.343 e. The molecule has 0 fully saturated rings. The second-order valence-corrected chi connectivity index (χ2v) is 7.60. The van der Waals surface area contributed by atoms with Crippen LogP contribution in [-0.2, 0) is 16.2 Å². The summed E-state index contributed by atoms with van der Waals surface area (Å²) in [5.41, 5.74) is 6.33. The van der Waals surface area contributed by atoms with E-state index in [2.05, 4.69) is 4.72 Å². The van der Waals surface area contributed by atoms with Gasteiger partial charge in [-0.3, -0.25) is 5.73 Å². The summed E-state index contributed by atoms with van der Waals surface area (Å²) in [6, 6.07) is 3.84. The number of nitrogens with one attached hydrogen (secondary N) is 1. The first-order valence-electron chi connectivity index (χ1n) is 7.26. The van der Waals surface area contributed by atoms with Crippen molar-refractivity contribution >= 4 is 17.3 Å². The Balaban J connectivity index is 3.24. The van der Waals surface area contributed by atoms with Crippen molar-refractivity contribution in [2.45, 2.75) is 58.5 Å². The Morgan fingerprint density at radius 1 is 1.32 bits per heavy atom. The Morgan fingerprint density at radius 3 is 2.14 bits per heavy atom. The molecule has 1 rings (SSSR count). The third-order valence-corrected chi connectivity index (χ3v) is 5.85. The van der Waals surface area contributed by atoms with Crippen LogP contribution < -0.4 is 10.5 Å². The van der Waals surface area contributed by atoms with E-state index in [0.717, 1.165) is 16.7 Å². The van der Waals surface area contributed by atoms with Gasteiger partial charge < -0.3 is 9.66 Å². The molecule has 0 aliphatic rings. The van der Waals surface area contributed by atoms with E-state index in [4.69, 9.17) is 5.73 Å². The van der Waals surface area contributed by atoms with E-state index >= 15 is 0 Å². The summed E-state index contributed by atoms with van der Waals surface area (Å²) < 4.78 is 15.4. The van der Waals surface area contributed by atoms with Crippen LogP contribution in [0.3, 0.4) is 0 Å². The summed E-state index contributed by atoms with van der Waals surface area (Å²) in [4.78, 5) is 12.3. The molecule has 0 saturated heterocycles. The number of carbonyl (C=O) groups is 1. The molecule has 6 heteroatoms. The van der Waals surface area contributed by atoms with Crippen molar-refractivity contribution in [3.05, 3.63) is 28.8 Å². The Labute approximate surface area is 135 Å². The highest BCUT2D eigenvalue weighted by molar-refractivity contribution is 7.89. The first kappa shape index (κ1) is 19.0. The molecule has 0 radical (unpaired) electrons. The lowest BCUT2D eigenvalue weighted by atomic mass is 9.77. The van der Waals surface area contributed by atoms with Gasteiger partial charge in [0.1, 0.15) is 0 Å². The van der Waals surface area contributed by atoms with Gasteiger partial charge in [0, 0.05) is 16.5 Å². The van der Waals surface area contributed by atoms with Crippen molar-refractivity contribution in [1.29, 1.82) is 0 Å². The zero-order valence-corrected chi connectivity index (χ0v) is 14.9. The molecule has 124 valence electrons. The van der Waals surface area contributed by atoms with Crippen molar-refractivity contribution in [2.75, 3.05) is 0 Å². The van der Waals surface area contributed by atoms with Crippen LogP contribution in [-0.4, -0.2) is 21.3 Å². The zero-order chi connectivity index (χ0) is 17.3. The Hall–Kier alpha value is -1.08. The molecule has 1 aromatic rings. The number of hydrogen-bond acceptors (Lipinski definition) is 4. The Kier molecular flexibility index (Phi) is 5.67. The van der Waals surface area contributed by atoms with Gasteiger partial charge in [-0.15, -0.1) is 4.72 Å². The van der Waals surface area contributed by atoms with E-state index in [1.54, 1.807) is 13.8 Å². The van der Waals surface area contributed by atoms with Crippen LogP contribution in [0.15, 0.2) is 17.0 Å². The fourth-order valence-corrected chi connectivity index (χ4v) is 3.87. The fourth-order valence-electron chi connectivity index (χ4n) is 2.41. The SMILES string of the molecule is CCC(C)(C)C(N)(N[S@@+]([O-])c1c(C)cc(C)cc1C)C(=O)O. The van der Waals surface area contributed by atoms with E-state index in [1.807, 2.05) is 39.8 Å². The Bertz CT molecular complexity index is 552. The highest BCUT2D eigenvalue weighted by Crippen LogP contribution is 2.33. The lowest BCUT2D eigenvalue weighted by Gasteiger charge is -2.39. The number of nitrogens with two attached hydrogens (primary N) is 1. The van der Waals surface area contributed by atoms with Gasteiger partial charge >= 0.3 is 5.97 Å². The molecule has 0 saturated carbocycles. The van der Waals surface area contributed by atoms with E-state index in [0.29, 0.717) is 11.3 Å². The maximum atomic E-state index is 12.7. The van der Waals surface area contributed by atoms with Crippen LogP contribution in [0.2, 0.25) is 0 Å². The second kappa shape index (κ2) is 6.58. The number of benzene rings is 1. The Morgan fingerprint density at radius 2 is 1.77 bits per heavy atom. The predicted octanol–water partition coefficient (Wildman–Crippen LogP) is 2.40. The third kappa shape index (κ3) is 3.46. The van der Waals surface area contributed by atoms with E-state index in [1.165, 1.54) is 0 Å². The van der Waals surface area contributed by atoms with E-state index in [9.17, 15) is 14.5 Å². The van der Waals surface area contributed by atoms with Gasteiger partial charge in [-0.1, -0.05) is 38.5 Å². The van der Waals surface area contributed by atoms with E-state index in [-0.39, 0.29) is 0 Å². The highest BCUT2D eigenvalue weighted by Gasteiger charge is 2.51. The van der Waals surface area contributed by atoms with Gasteiger partial charge in [0.2, 0.25) is 5.66 Å². The molecule has 2 atom stereocenters. The van der Waals surface area contributed by atoms with Crippen LogP contribution in [0.25, 0.3) is 0 Å². The van der Waals surface area contributed by atoms with Crippen LogP contribution in [0, 0.1) is 26.2 Å². The molecule has 0 spiro atoms. The number of carboxylic acid groups (broad SMARTS) is 1. The van der Waals surface area contributed by atoms with Gasteiger partial charge in [0.25, 0.3) is 0 Å². The number of rotatable bonds is 6. The summed E-state index contributed by atoms with van der Waals surface area (Å²) in [5, 5.41) is 9.56. The lowest BCUT2D eigenvalue weighted by molar-refractivity contribution is -0.149. The summed E-state index contributed by atoms with van der Waals surface area (Å²) in [7, 11) is 0. The molecule has 5 nitrogen and oxygen atoms in total. The second-order valence-electron chi connectivity index (χ2n) is 6.45. The molecule has 0 aliphatic heterocycles. The number of hydrogen-bond donors (Lipinski definition) is 3. The van der Waals surface area contributed by atoms with Crippen molar-refractivity contribution in [1.82, 2.24) is 4.72 Å². The molecule has 22 heavy (non-hydrogen) atoms. The maximum Gasteiger partial charge on any atom is 0.343 e. The minimum absolute atomic E-state index is 0.534. The normalized spacial score (nSPS) is 16.2. The van der Waals surface area contributed by atoms with Crippen LogP contribution in [0.5, 0.6) is 0 Å². The molecular formula is C16H26N2O3S. The summed E-state index contributed by atoms with van der Waals surface area (Å²) in [6.07, 6.45) is 0.534. The third-order valence-electron chi connectivity index (χ3n) is 4.33. The summed E-state index contributed by atoms with van der Waals surface area (Å²) in [5.74, 6) is -1.21. The van der Waals surface area contributed by atoms with Gasteiger partial charge in [0.05, 0.1) is 11.4 Å². The monoisotopic (exact) mass is 326 g/mol. The molecule has 4 N–H and O–H groups in total.